The van der Waals surface area contributed by atoms with Crippen LogP contribution in [-0.4, -0.2) is 42.1 Å². The summed E-state index contributed by atoms with van der Waals surface area (Å²) in [7, 11) is 0. The van der Waals surface area contributed by atoms with Gasteiger partial charge in [-0.1, -0.05) is 29.3 Å². The van der Waals surface area contributed by atoms with Crippen molar-refractivity contribution in [1.29, 1.82) is 0 Å². The second-order valence-electron chi connectivity index (χ2n) is 9.18. The standard InChI is InChI=1S/C27H16Cl2F10N2O5/c1-2-40(23(43)14-7-6-13(41(44)45)10-18(14)29)19-5-3-4-15(22(19)30)20(42)11-16-17(28)8-12(9-21(16)46-24(31)32)25(33,26(34,35)36)27(37,38)39/h3-10,24H,2,11H2,1H3. The van der Waals surface area contributed by atoms with Crippen LogP contribution in [0.25, 0.3) is 0 Å². The van der Waals surface area contributed by atoms with Gasteiger partial charge >= 0.3 is 24.6 Å². The highest BCUT2D eigenvalue weighted by Gasteiger charge is 2.73. The summed E-state index contributed by atoms with van der Waals surface area (Å²) in [4.78, 5) is 37.3. The Morgan fingerprint density at radius 1 is 0.935 bits per heavy atom. The molecule has 0 radical (unpaired) electrons. The second-order valence-corrected chi connectivity index (χ2v) is 9.99. The number of ketones is 1. The van der Waals surface area contributed by atoms with E-state index in [1.54, 1.807) is 0 Å². The van der Waals surface area contributed by atoms with Crippen molar-refractivity contribution in [2.75, 3.05) is 11.4 Å². The van der Waals surface area contributed by atoms with Crippen LogP contribution in [0.5, 0.6) is 5.75 Å². The molecule has 46 heavy (non-hydrogen) atoms. The number of ether oxygens (including phenoxy) is 1. The fraction of sp³-hybridized carbons (Fsp3) is 0.259. The van der Waals surface area contributed by atoms with Gasteiger partial charge in [-0.05, 0) is 37.3 Å². The maximum absolute atomic E-state index is 15.7. The second kappa shape index (κ2) is 13.3. The smallest absolute Gasteiger partial charge is 0.434 e. The van der Waals surface area contributed by atoms with Gasteiger partial charge in [0.25, 0.3) is 11.6 Å². The molecular weight excluding hydrogens is 693 g/mol. The lowest BCUT2D eigenvalue weighted by Crippen LogP contribution is -2.50. The Labute approximate surface area is 261 Å². The van der Waals surface area contributed by atoms with Crippen molar-refractivity contribution in [1.82, 2.24) is 0 Å². The highest BCUT2D eigenvalue weighted by molar-refractivity contribution is 6.34. The van der Waals surface area contributed by atoms with Crippen LogP contribution in [0.1, 0.15) is 38.8 Å². The molecule has 7 nitrogen and oxygen atoms in total. The number of carbonyl (C=O) groups excluding carboxylic acids is 2. The van der Waals surface area contributed by atoms with Gasteiger partial charge in [0, 0.05) is 41.2 Å². The van der Waals surface area contributed by atoms with Crippen molar-refractivity contribution in [3.63, 3.8) is 0 Å². The minimum Gasteiger partial charge on any atom is -0.434 e. The number of benzene rings is 3. The van der Waals surface area contributed by atoms with E-state index in [2.05, 4.69) is 4.74 Å². The van der Waals surface area contributed by atoms with E-state index in [-0.39, 0.29) is 29.3 Å². The van der Waals surface area contributed by atoms with Crippen LogP contribution in [0.4, 0.5) is 55.3 Å². The minimum atomic E-state index is -6.64. The van der Waals surface area contributed by atoms with Crippen molar-refractivity contribution in [3.8, 4) is 5.75 Å². The number of Topliss-reactive ketones (excluding diaryl/α,β-unsaturated/α-hetero) is 1. The summed E-state index contributed by atoms with van der Waals surface area (Å²) < 4.78 is 140. The Morgan fingerprint density at radius 2 is 1.54 bits per heavy atom. The maximum atomic E-state index is 15.7. The lowest BCUT2D eigenvalue weighted by Gasteiger charge is -2.31. The van der Waals surface area contributed by atoms with Crippen molar-refractivity contribution < 1.29 is 63.2 Å². The first-order valence-corrected chi connectivity index (χ1v) is 13.1. The first kappa shape index (κ1) is 36.3. The topological polar surface area (TPSA) is 89.8 Å². The van der Waals surface area contributed by atoms with E-state index in [9.17, 15) is 59.2 Å². The van der Waals surface area contributed by atoms with Gasteiger partial charge in [0.05, 0.1) is 26.8 Å². The Bertz CT molecular complexity index is 1670. The van der Waals surface area contributed by atoms with Crippen LogP contribution in [0.2, 0.25) is 10.0 Å². The first-order chi connectivity index (χ1) is 21.1. The molecule has 0 unspecified atom stereocenters. The quantitative estimate of drug-likeness (QED) is 0.0908. The predicted molar refractivity (Wildman–Crippen MR) is 143 cm³/mol. The van der Waals surface area contributed by atoms with Gasteiger partial charge in [-0.3, -0.25) is 19.7 Å². The summed E-state index contributed by atoms with van der Waals surface area (Å²) in [5, 5.41) is 9.37. The third kappa shape index (κ3) is 6.99. The number of amides is 1. The Hall–Kier alpha value is -4.12. The fourth-order valence-corrected chi connectivity index (χ4v) is 4.76. The zero-order valence-electron chi connectivity index (χ0n) is 22.6. The molecule has 19 heteroatoms. The molecule has 0 N–H and O–H groups in total. The Kier molecular flexibility index (Phi) is 10.5. The number of carbonyl (C=O) groups is 2. The molecule has 3 aromatic carbocycles. The SMILES string of the molecule is CCN(C(=O)c1ccc([N+](=O)[O-])cc1Cl)c1cccc(C(=O)Cc2c(Cl)cc(C(F)(C(F)(F)F)C(F)(F)F)cc2OC(F)F)c1F. The molecule has 0 saturated heterocycles. The van der Waals surface area contributed by atoms with Gasteiger partial charge in [-0.2, -0.15) is 35.1 Å². The number of hydrogen-bond donors (Lipinski definition) is 0. The van der Waals surface area contributed by atoms with Crippen molar-refractivity contribution in [3.05, 3.63) is 96.8 Å². The van der Waals surface area contributed by atoms with E-state index in [1.165, 1.54) is 6.92 Å². The lowest BCUT2D eigenvalue weighted by atomic mass is 9.91. The first-order valence-electron chi connectivity index (χ1n) is 12.3. The van der Waals surface area contributed by atoms with Crippen molar-refractivity contribution in [2.24, 2.45) is 0 Å². The number of alkyl halides is 9. The molecule has 3 rings (SSSR count). The highest BCUT2D eigenvalue weighted by Crippen LogP contribution is 2.54. The number of nitro groups is 1. The Morgan fingerprint density at radius 3 is 2.04 bits per heavy atom. The monoisotopic (exact) mass is 708 g/mol. The molecule has 0 bridgehead atoms. The molecule has 0 atom stereocenters. The molecule has 3 aromatic rings. The normalized spacial score (nSPS) is 12.3. The fourth-order valence-electron chi connectivity index (χ4n) is 4.23. The third-order valence-corrected chi connectivity index (χ3v) is 7.06. The number of halogens is 12. The van der Waals surface area contributed by atoms with E-state index in [1.807, 2.05) is 0 Å². The summed E-state index contributed by atoms with van der Waals surface area (Å²) in [6.07, 6.45) is -14.5. The maximum Gasteiger partial charge on any atom is 0.435 e. The summed E-state index contributed by atoms with van der Waals surface area (Å²) in [6.45, 7) is -2.78. The van der Waals surface area contributed by atoms with E-state index >= 15 is 4.39 Å². The summed E-state index contributed by atoms with van der Waals surface area (Å²) >= 11 is 11.8. The minimum absolute atomic E-state index is 0.179. The molecule has 1 amide bonds. The zero-order chi connectivity index (χ0) is 34.9. The molecule has 0 aliphatic carbocycles. The predicted octanol–water partition coefficient (Wildman–Crippen LogP) is 9.02. The molecule has 0 aliphatic heterocycles. The average Bonchev–Trinajstić information content (AvgIpc) is 2.93. The van der Waals surface area contributed by atoms with Gasteiger partial charge in [0.1, 0.15) is 5.75 Å². The summed E-state index contributed by atoms with van der Waals surface area (Å²) in [6, 6.07) is 5.25. The summed E-state index contributed by atoms with van der Waals surface area (Å²) in [5.74, 6) is -5.22. The van der Waals surface area contributed by atoms with E-state index in [4.69, 9.17) is 23.2 Å². The summed E-state index contributed by atoms with van der Waals surface area (Å²) in [5.41, 5.74) is -11.4. The average molecular weight is 709 g/mol. The van der Waals surface area contributed by atoms with Gasteiger partial charge in [-0.25, -0.2) is 8.78 Å². The molecule has 0 aromatic heterocycles. The molecular formula is C27H16Cl2F10N2O5. The number of non-ortho nitro benzene ring substituents is 1. The molecule has 0 heterocycles. The van der Waals surface area contributed by atoms with Crippen LogP contribution < -0.4 is 9.64 Å². The molecule has 0 fully saturated rings. The molecule has 248 valence electrons. The number of rotatable bonds is 10. The van der Waals surface area contributed by atoms with Crippen LogP contribution in [0.15, 0.2) is 48.5 Å². The van der Waals surface area contributed by atoms with Crippen LogP contribution in [0, 0.1) is 15.9 Å². The number of anilines is 1. The number of hydrogen-bond acceptors (Lipinski definition) is 5. The lowest BCUT2D eigenvalue weighted by molar-refractivity contribution is -0.384. The van der Waals surface area contributed by atoms with Gasteiger partial charge in [0.2, 0.25) is 0 Å². The van der Waals surface area contributed by atoms with E-state index < -0.39 is 92.3 Å². The number of nitro benzene ring substituents is 1. The Balaban J connectivity index is 2.07. The van der Waals surface area contributed by atoms with Crippen LogP contribution in [-0.2, 0) is 12.1 Å². The van der Waals surface area contributed by atoms with Crippen molar-refractivity contribution in [2.45, 2.75) is 38.0 Å². The molecule has 0 saturated carbocycles. The van der Waals surface area contributed by atoms with Gasteiger partial charge in [-0.15, -0.1) is 0 Å². The van der Waals surface area contributed by atoms with Crippen LogP contribution in [0.3, 0.4) is 0 Å². The third-order valence-electron chi connectivity index (χ3n) is 6.41. The molecule has 0 spiro atoms. The largest absolute Gasteiger partial charge is 0.435 e. The van der Waals surface area contributed by atoms with Gasteiger partial charge < -0.3 is 9.64 Å². The number of nitrogens with zero attached hydrogens (tertiary/aromatic N) is 2. The zero-order valence-corrected chi connectivity index (χ0v) is 24.1. The highest BCUT2D eigenvalue weighted by atomic mass is 35.5. The van der Waals surface area contributed by atoms with E-state index in [0.29, 0.717) is 0 Å². The molecule has 0 aliphatic rings. The van der Waals surface area contributed by atoms with Crippen LogP contribution >= 0.6 is 23.2 Å². The van der Waals surface area contributed by atoms with E-state index in [0.717, 1.165) is 41.3 Å². The van der Waals surface area contributed by atoms with Crippen molar-refractivity contribution >= 4 is 46.3 Å². The van der Waals surface area contributed by atoms with Gasteiger partial charge in [0.15, 0.2) is 11.6 Å².